The lowest BCUT2D eigenvalue weighted by Crippen LogP contribution is -2.67. The summed E-state index contributed by atoms with van der Waals surface area (Å²) in [5.74, 6) is -0.284. The normalized spacial score (nSPS) is 23.5. The first kappa shape index (κ1) is 13.3. The number of carbonyl (C=O) groups is 1. The molecule has 7 heteroatoms. The van der Waals surface area contributed by atoms with Crippen molar-refractivity contribution in [2.45, 2.75) is 26.1 Å². The number of halogens is 1. The van der Waals surface area contributed by atoms with Crippen LogP contribution >= 0.6 is 0 Å². The van der Waals surface area contributed by atoms with Crippen molar-refractivity contribution in [2.24, 2.45) is 5.10 Å². The van der Waals surface area contributed by atoms with Crippen molar-refractivity contribution in [2.75, 3.05) is 0 Å². The van der Waals surface area contributed by atoms with E-state index in [-0.39, 0.29) is 24.1 Å². The van der Waals surface area contributed by atoms with E-state index >= 15 is 0 Å². The van der Waals surface area contributed by atoms with Gasteiger partial charge < -0.3 is 5.32 Å². The van der Waals surface area contributed by atoms with Gasteiger partial charge in [0.25, 0.3) is 0 Å². The quantitative estimate of drug-likeness (QED) is 0.479. The van der Waals surface area contributed by atoms with Gasteiger partial charge in [0.15, 0.2) is 0 Å². The molecule has 2 amide bonds. The first-order valence-corrected chi connectivity index (χ1v) is 5.94. The van der Waals surface area contributed by atoms with Crippen molar-refractivity contribution in [3.05, 3.63) is 35.6 Å². The molecule has 4 N–H and O–H groups in total. The largest absolute Gasteiger partial charge is 0.330 e. The molecule has 0 bridgehead atoms. The Morgan fingerprint density at radius 2 is 2.05 bits per heavy atom. The monoisotopic (exact) mass is 265 g/mol. The molecular weight excluding hydrogens is 249 g/mol. The van der Waals surface area contributed by atoms with Gasteiger partial charge in [0.1, 0.15) is 12.0 Å². The van der Waals surface area contributed by atoms with Crippen LogP contribution in [0.4, 0.5) is 9.18 Å². The van der Waals surface area contributed by atoms with Crippen LogP contribution in [0.1, 0.15) is 19.4 Å². The summed E-state index contributed by atoms with van der Waals surface area (Å²) in [6.07, 6.45) is -0.316. The van der Waals surface area contributed by atoms with E-state index in [4.69, 9.17) is 0 Å². The van der Waals surface area contributed by atoms with Gasteiger partial charge in [-0.2, -0.15) is 5.10 Å². The van der Waals surface area contributed by atoms with Gasteiger partial charge in [-0.05, 0) is 31.5 Å². The third kappa shape index (κ3) is 3.41. The van der Waals surface area contributed by atoms with Gasteiger partial charge in [-0.3, -0.25) is 10.9 Å². The molecule has 2 rings (SSSR count). The molecule has 6 nitrogen and oxygen atoms in total. The summed E-state index contributed by atoms with van der Waals surface area (Å²) in [6, 6.07) is 5.72. The van der Waals surface area contributed by atoms with E-state index in [2.05, 4.69) is 26.7 Å². The minimum Gasteiger partial charge on any atom is -0.314 e. The number of nitrogens with zero attached hydrogens (tertiary/aromatic N) is 1. The first-order valence-electron chi connectivity index (χ1n) is 5.94. The van der Waals surface area contributed by atoms with Crippen LogP contribution in [0.2, 0.25) is 0 Å². The predicted octanol–water partition coefficient (Wildman–Crippen LogP) is 0.671. The van der Waals surface area contributed by atoms with Crippen LogP contribution in [0.5, 0.6) is 0 Å². The van der Waals surface area contributed by atoms with Crippen LogP contribution in [0.15, 0.2) is 29.4 Å². The average molecular weight is 265 g/mol. The molecule has 2 atom stereocenters. The lowest BCUT2D eigenvalue weighted by Gasteiger charge is -2.30. The Balaban J connectivity index is 2.01. The van der Waals surface area contributed by atoms with Crippen molar-refractivity contribution in [3.8, 4) is 0 Å². The predicted molar refractivity (Wildman–Crippen MR) is 69.8 cm³/mol. The minimum absolute atomic E-state index is 0.0255. The summed E-state index contributed by atoms with van der Waals surface area (Å²) in [7, 11) is 0. The number of nitrogens with one attached hydrogen (secondary N) is 4. The van der Waals surface area contributed by atoms with Crippen LogP contribution < -0.4 is 21.6 Å². The average Bonchev–Trinajstić information content (AvgIpc) is 2.40. The second-order valence-corrected chi connectivity index (χ2v) is 4.34. The number of hydrazine groups is 1. The third-order valence-electron chi connectivity index (χ3n) is 2.83. The van der Waals surface area contributed by atoms with Crippen LogP contribution in [-0.2, 0) is 0 Å². The molecule has 0 aromatic heterocycles. The van der Waals surface area contributed by atoms with E-state index in [0.717, 1.165) is 5.56 Å². The maximum absolute atomic E-state index is 12.8. The number of urea groups is 1. The van der Waals surface area contributed by atoms with Crippen molar-refractivity contribution < 1.29 is 9.18 Å². The molecule has 102 valence electrons. The maximum atomic E-state index is 12.8. The fourth-order valence-electron chi connectivity index (χ4n) is 1.63. The smallest absolute Gasteiger partial charge is 0.314 e. The number of hydrogen-bond acceptors (Lipinski definition) is 4. The van der Waals surface area contributed by atoms with E-state index in [0.29, 0.717) is 5.71 Å². The van der Waals surface area contributed by atoms with Gasteiger partial charge in [-0.25, -0.2) is 14.6 Å². The number of benzene rings is 1. The molecule has 1 aliphatic rings. The van der Waals surface area contributed by atoms with Gasteiger partial charge in [-0.1, -0.05) is 12.1 Å². The molecule has 1 aromatic carbocycles. The second-order valence-electron chi connectivity index (χ2n) is 4.34. The van der Waals surface area contributed by atoms with Gasteiger partial charge in [0, 0.05) is 0 Å². The van der Waals surface area contributed by atoms with Crippen molar-refractivity contribution in [1.82, 2.24) is 21.6 Å². The zero-order valence-corrected chi connectivity index (χ0v) is 10.7. The Kier molecular flexibility index (Phi) is 3.96. The van der Waals surface area contributed by atoms with Crippen LogP contribution in [0.25, 0.3) is 0 Å². The summed E-state index contributed by atoms with van der Waals surface area (Å²) < 4.78 is 12.8. The van der Waals surface area contributed by atoms with Crippen LogP contribution in [0, 0.1) is 5.82 Å². The number of rotatable bonds is 3. The molecule has 0 spiro atoms. The second kappa shape index (κ2) is 5.66. The molecule has 1 aromatic rings. The van der Waals surface area contributed by atoms with Gasteiger partial charge >= 0.3 is 6.03 Å². The molecule has 0 radical (unpaired) electrons. The summed E-state index contributed by atoms with van der Waals surface area (Å²) in [5.41, 5.74) is 9.66. The Hall–Kier alpha value is -2.15. The lowest BCUT2D eigenvalue weighted by molar-refractivity contribution is 0.202. The summed E-state index contributed by atoms with van der Waals surface area (Å²) in [5, 5.41) is 6.89. The zero-order chi connectivity index (χ0) is 13.8. The maximum Gasteiger partial charge on any atom is 0.330 e. The van der Waals surface area contributed by atoms with Crippen molar-refractivity contribution in [3.63, 3.8) is 0 Å². The van der Waals surface area contributed by atoms with E-state index in [1.165, 1.54) is 12.1 Å². The molecular formula is C12H16FN5O. The summed E-state index contributed by atoms with van der Waals surface area (Å²) in [4.78, 5) is 11.2. The lowest BCUT2D eigenvalue weighted by atomic mass is 10.1. The summed E-state index contributed by atoms with van der Waals surface area (Å²) in [6.45, 7) is 3.70. The van der Waals surface area contributed by atoms with Gasteiger partial charge in [0.2, 0.25) is 0 Å². The van der Waals surface area contributed by atoms with E-state index in [9.17, 15) is 9.18 Å². The molecule has 19 heavy (non-hydrogen) atoms. The van der Waals surface area contributed by atoms with Gasteiger partial charge in [0.05, 0.1) is 11.8 Å². The number of carbonyl (C=O) groups excluding carboxylic acids is 1. The number of amides is 2. The highest BCUT2D eigenvalue weighted by molar-refractivity contribution is 5.98. The number of hydrogen-bond donors (Lipinski definition) is 4. The number of hydrazone groups is 1. The highest BCUT2D eigenvalue weighted by Crippen LogP contribution is 2.04. The van der Waals surface area contributed by atoms with Crippen LogP contribution in [-0.4, -0.2) is 24.0 Å². The SMILES string of the molecule is C/C(=N\NC1NC(=O)NNC1C)c1ccc(F)cc1. The Morgan fingerprint density at radius 3 is 2.74 bits per heavy atom. The highest BCUT2D eigenvalue weighted by Gasteiger charge is 2.23. The van der Waals surface area contributed by atoms with E-state index in [1.54, 1.807) is 19.1 Å². The Morgan fingerprint density at radius 1 is 1.37 bits per heavy atom. The standard InChI is InChI=1S/C12H16FN5O/c1-7(9-3-5-10(13)6-4-9)15-17-11-8(2)16-18-12(19)14-11/h3-6,8,11,16-17H,1-2H3,(H2,14,18,19)/b15-7+. The fraction of sp³-hybridized carbons (Fsp3) is 0.333. The van der Waals surface area contributed by atoms with Crippen molar-refractivity contribution >= 4 is 11.7 Å². The molecule has 1 fully saturated rings. The first-order chi connectivity index (χ1) is 9.06. The Labute approximate surface area is 110 Å². The van der Waals surface area contributed by atoms with Crippen LogP contribution in [0.3, 0.4) is 0 Å². The molecule has 0 saturated carbocycles. The topological polar surface area (TPSA) is 77.5 Å². The van der Waals surface area contributed by atoms with E-state index < -0.39 is 0 Å². The summed E-state index contributed by atoms with van der Waals surface area (Å²) >= 11 is 0. The molecule has 2 unspecified atom stereocenters. The van der Waals surface area contributed by atoms with E-state index in [1.807, 2.05) is 6.92 Å². The Bertz CT molecular complexity index is 487. The van der Waals surface area contributed by atoms with Crippen molar-refractivity contribution in [1.29, 1.82) is 0 Å². The minimum atomic E-state index is -0.316. The third-order valence-corrected chi connectivity index (χ3v) is 2.83. The zero-order valence-electron chi connectivity index (χ0n) is 10.7. The fourth-order valence-corrected chi connectivity index (χ4v) is 1.63. The highest BCUT2D eigenvalue weighted by atomic mass is 19.1. The molecule has 1 aliphatic heterocycles. The van der Waals surface area contributed by atoms with Gasteiger partial charge in [-0.15, -0.1) is 0 Å². The molecule has 1 heterocycles. The molecule has 0 aliphatic carbocycles. The molecule has 1 saturated heterocycles.